The normalized spacial score (nSPS) is 17.7. The molecule has 0 aromatic carbocycles. The van der Waals surface area contributed by atoms with Gasteiger partial charge in [-0.1, -0.05) is 11.8 Å². The molecule has 0 bridgehead atoms. The molecule has 1 amide bonds. The Kier molecular flexibility index (Phi) is 6.05. The summed E-state index contributed by atoms with van der Waals surface area (Å²) in [5.74, 6) is -0.0399. The SMILES string of the molecule is Cc1cc(=O)[nH]c(S[C@H](C)C(=O)N2CCC(NS(C)(=O)=O)CC2)n1. The monoisotopic (exact) mass is 374 g/mol. The predicted octanol–water partition coefficient (Wildman–Crippen LogP) is 0.0991. The average Bonchev–Trinajstić information content (AvgIpc) is 2.44. The van der Waals surface area contributed by atoms with Crippen molar-refractivity contribution >= 4 is 27.7 Å². The van der Waals surface area contributed by atoms with Crippen LogP contribution >= 0.6 is 11.8 Å². The highest BCUT2D eigenvalue weighted by Gasteiger charge is 2.28. The van der Waals surface area contributed by atoms with Crippen molar-refractivity contribution in [3.05, 3.63) is 22.1 Å². The van der Waals surface area contributed by atoms with E-state index in [-0.39, 0.29) is 22.8 Å². The number of piperidine rings is 1. The number of carbonyl (C=O) groups is 1. The van der Waals surface area contributed by atoms with Gasteiger partial charge in [0.15, 0.2) is 5.16 Å². The fourth-order valence-electron chi connectivity index (χ4n) is 2.60. The number of nitrogens with one attached hydrogen (secondary N) is 2. The van der Waals surface area contributed by atoms with Gasteiger partial charge >= 0.3 is 0 Å². The first-order valence-electron chi connectivity index (χ1n) is 7.65. The molecular weight excluding hydrogens is 352 g/mol. The molecule has 2 rings (SSSR count). The molecule has 1 aromatic rings. The van der Waals surface area contributed by atoms with Crippen molar-refractivity contribution in [3.8, 4) is 0 Å². The second kappa shape index (κ2) is 7.66. The van der Waals surface area contributed by atoms with Gasteiger partial charge in [0, 0.05) is 30.9 Å². The lowest BCUT2D eigenvalue weighted by atomic mass is 10.1. The Bertz CT molecular complexity index is 754. The fourth-order valence-corrected chi connectivity index (χ4v) is 4.39. The number of hydrogen-bond donors (Lipinski definition) is 2. The summed E-state index contributed by atoms with van der Waals surface area (Å²) in [7, 11) is -3.23. The maximum Gasteiger partial charge on any atom is 0.251 e. The Hall–Kier alpha value is -1.39. The lowest BCUT2D eigenvalue weighted by Crippen LogP contribution is -2.48. The van der Waals surface area contributed by atoms with E-state index in [9.17, 15) is 18.0 Å². The number of amides is 1. The summed E-state index contributed by atoms with van der Waals surface area (Å²) in [5.41, 5.74) is 0.367. The number of likely N-dealkylation sites (tertiary alicyclic amines) is 1. The topological polar surface area (TPSA) is 112 Å². The highest BCUT2D eigenvalue weighted by atomic mass is 32.2. The molecule has 0 spiro atoms. The molecule has 1 aromatic heterocycles. The van der Waals surface area contributed by atoms with Gasteiger partial charge in [-0.25, -0.2) is 18.1 Å². The van der Waals surface area contributed by atoms with Gasteiger partial charge in [-0.05, 0) is 26.7 Å². The zero-order chi connectivity index (χ0) is 17.9. The third kappa shape index (κ3) is 5.60. The molecule has 134 valence electrons. The van der Waals surface area contributed by atoms with Crippen molar-refractivity contribution in [1.29, 1.82) is 0 Å². The predicted molar refractivity (Wildman–Crippen MR) is 92.5 cm³/mol. The summed E-state index contributed by atoms with van der Waals surface area (Å²) in [5, 5.41) is 0.0452. The van der Waals surface area contributed by atoms with Crippen LogP contribution in [0.3, 0.4) is 0 Å². The Morgan fingerprint density at radius 3 is 2.62 bits per heavy atom. The summed E-state index contributed by atoms with van der Waals surface area (Å²) in [6.45, 7) is 4.52. The Morgan fingerprint density at radius 2 is 2.08 bits per heavy atom. The van der Waals surface area contributed by atoms with Gasteiger partial charge in [-0.15, -0.1) is 0 Å². The molecule has 8 nitrogen and oxygen atoms in total. The van der Waals surface area contributed by atoms with Crippen molar-refractivity contribution in [2.45, 2.75) is 43.1 Å². The van der Waals surface area contributed by atoms with Crippen LogP contribution in [0.4, 0.5) is 0 Å². The second-order valence-electron chi connectivity index (χ2n) is 5.94. The van der Waals surface area contributed by atoms with Crippen molar-refractivity contribution in [2.75, 3.05) is 19.3 Å². The van der Waals surface area contributed by atoms with Crippen LogP contribution in [0.5, 0.6) is 0 Å². The van der Waals surface area contributed by atoms with Gasteiger partial charge in [0.1, 0.15) is 0 Å². The molecule has 1 atom stereocenters. The summed E-state index contributed by atoms with van der Waals surface area (Å²) >= 11 is 1.22. The second-order valence-corrected chi connectivity index (χ2v) is 9.05. The third-order valence-electron chi connectivity index (χ3n) is 3.67. The number of nitrogens with zero attached hydrogens (tertiary/aromatic N) is 2. The van der Waals surface area contributed by atoms with E-state index in [4.69, 9.17) is 0 Å². The number of rotatable bonds is 5. The highest BCUT2D eigenvalue weighted by Crippen LogP contribution is 2.22. The maximum atomic E-state index is 12.5. The molecule has 0 saturated carbocycles. The molecule has 0 aliphatic carbocycles. The van der Waals surface area contributed by atoms with E-state index in [1.165, 1.54) is 17.8 Å². The van der Waals surface area contributed by atoms with Crippen LogP contribution in [-0.2, 0) is 14.8 Å². The summed E-state index contributed by atoms with van der Waals surface area (Å²) in [6, 6.07) is 1.28. The quantitative estimate of drug-likeness (QED) is 0.558. The first-order valence-corrected chi connectivity index (χ1v) is 10.4. The first kappa shape index (κ1) is 18.9. The number of H-pyrrole nitrogens is 1. The van der Waals surface area contributed by atoms with Crippen LogP contribution in [0, 0.1) is 6.92 Å². The van der Waals surface area contributed by atoms with Crippen LogP contribution in [0.15, 0.2) is 16.0 Å². The fraction of sp³-hybridized carbons (Fsp3) is 0.643. The standard InChI is InChI=1S/C14H22N4O4S2/c1-9-8-12(19)16-14(15-9)23-10(2)13(20)18-6-4-11(5-7-18)17-24(3,21)22/h8,10-11,17H,4-7H2,1-3H3,(H,15,16,19)/t10-/m1/s1. The molecule has 1 aliphatic rings. The van der Waals surface area contributed by atoms with Crippen LogP contribution < -0.4 is 10.3 Å². The lowest BCUT2D eigenvalue weighted by molar-refractivity contribution is -0.131. The van der Waals surface area contributed by atoms with E-state index in [2.05, 4.69) is 14.7 Å². The maximum absolute atomic E-state index is 12.5. The molecule has 0 radical (unpaired) electrons. The summed E-state index contributed by atoms with van der Waals surface area (Å²) < 4.78 is 25.1. The molecule has 2 heterocycles. The van der Waals surface area contributed by atoms with Crippen molar-refractivity contribution < 1.29 is 13.2 Å². The minimum atomic E-state index is -3.23. The van der Waals surface area contributed by atoms with Gasteiger partial charge in [0.25, 0.3) is 5.56 Å². The van der Waals surface area contributed by atoms with E-state index in [0.717, 1.165) is 6.26 Å². The van der Waals surface area contributed by atoms with E-state index in [1.807, 2.05) is 0 Å². The van der Waals surface area contributed by atoms with E-state index >= 15 is 0 Å². The molecule has 24 heavy (non-hydrogen) atoms. The number of carbonyl (C=O) groups excluding carboxylic acids is 1. The van der Waals surface area contributed by atoms with Crippen molar-refractivity contribution in [2.24, 2.45) is 0 Å². The number of hydrogen-bond acceptors (Lipinski definition) is 6. The van der Waals surface area contributed by atoms with E-state index in [1.54, 1.807) is 18.7 Å². The third-order valence-corrected chi connectivity index (χ3v) is 5.40. The zero-order valence-corrected chi connectivity index (χ0v) is 15.5. The molecule has 1 fully saturated rings. The van der Waals surface area contributed by atoms with Gasteiger partial charge in [0.2, 0.25) is 15.9 Å². The molecule has 2 N–H and O–H groups in total. The minimum absolute atomic E-state index is 0.0399. The van der Waals surface area contributed by atoms with Crippen molar-refractivity contribution in [1.82, 2.24) is 19.6 Å². The smallest absolute Gasteiger partial charge is 0.251 e. The van der Waals surface area contributed by atoms with Gasteiger partial charge in [0.05, 0.1) is 11.5 Å². The summed E-state index contributed by atoms with van der Waals surface area (Å²) in [4.78, 5) is 32.5. The van der Waals surface area contributed by atoms with Crippen LogP contribution in [0.25, 0.3) is 0 Å². The number of aromatic amines is 1. The van der Waals surface area contributed by atoms with Gasteiger partial charge in [-0.3, -0.25) is 9.59 Å². The molecule has 1 aliphatic heterocycles. The van der Waals surface area contributed by atoms with E-state index in [0.29, 0.717) is 36.8 Å². The van der Waals surface area contributed by atoms with Crippen LogP contribution in [-0.4, -0.2) is 59.8 Å². The van der Waals surface area contributed by atoms with Gasteiger partial charge in [-0.2, -0.15) is 0 Å². The van der Waals surface area contributed by atoms with Crippen LogP contribution in [0.1, 0.15) is 25.5 Å². The average molecular weight is 374 g/mol. The molecule has 0 unspecified atom stereocenters. The highest BCUT2D eigenvalue weighted by molar-refractivity contribution is 8.00. The number of thioether (sulfide) groups is 1. The first-order chi connectivity index (χ1) is 11.1. The Labute approximate surface area is 145 Å². The van der Waals surface area contributed by atoms with Gasteiger partial charge < -0.3 is 9.88 Å². The molecule has 10 heteroatoms. The number of aryl methyl sites for hydroxylation is 1. The lowest BCUT2D eigenvalue weighted by Gasteiger charge is -2.33. The zero-order valence-electron chi connectivity index (χ0n) is 13.9. The van der Waals surface area contributed by atoms with Crippen molar-refractivity contribution in [3.63, 3.8) is 0 Å². The summed E-state index contributed by atoms with van der Waals surface area (Å²) in [6.07, 6.45) is 2.32. The van der Waals surface area contributed by atoms with E-state index < -0.39 is 10.0 Å². The largest absolute Gasteiger partial charge is 0.342 e. The molecule has 1 saturated heterocycles. The minimum Gasteiger partial charge on any atom is -0.342 e. The Morgan fingerprint density at radius 1 is 1.46 bits per heavy atom. The Balaban J connectivity index is 1.91. The molecular formula is C14H22N4O4S2. The number of sulfonamides is 1. The van der Waals surface area contributed by atoms with Crippen LogP contribution in [0.2, 0.25) is 0 Å². The number of aromatic nitrogens is 2.